The molecule has 5 heteroatoms. The number of amides is 1. The van der Waals surface area contributed by atoms with Gasteiger partial charge in [-0.2, -0.15) is 0 Å². The highest BCUT2D eigenvalue weighted by atomic mass is 16.2. The van der Waals surface area contributed by atoms with Gasteiger partial charge in [0.05, 0.1) is 5.69 Å². The summed E-state index contributed by atoms with van der Waals surface area (Å²) >= 11 is 0. The third-order valence-corrected chi connectivity index (χ3v) is 5.68. The summed E-state index contributed by atoms with van der Waals surface area (Å²) in [5.74, 6) is 0.924. The van der Waals surface area contributed by atoms with Crippen molar-refractivity contribution in [3.05, 3.63) is 47.4 Å². The molecule has 1 aromatic carbocycles. The third-order valence-electron chi connectivity index (χ3n) is 5.68. The smallest absolute Gasteiger partial charge is 0.253 e. The van der Waals surface area contributed by atoms with Crippen LogP contribution in [-0.4, -0.2) is 57.9 Å². The van der Waals surface area contributed by atoms with E-state index < -0.39 is 0 Å². The van der Waals surface area contributed by atoms with Crippen molar-refractivity contribution in [2.24, 2.45) is 0 Å². The summed E-state index contributed by atoms with van der Waals surface area (Å²) in [4.78, 5) is 26.8. The number of benzene rings is 1. The molecule has 0 radical (unpaired) electrons. The minimum Gasteiger partial charge on any atom is -0.336 e. The van der Waals surface area contributed by atoms with Gasteiger partial charge in [0.15, 0.2) is 0 Å². The van der Waals surface area contributed by atoms with Crippen molar-refractivity contribution in [3.8, 4) is 11.3 Å². The minimum atomic E-state index is 0.142. The predicted octanol–water partition coefficient (Wildman–Crippen LogP) is 3.32. The Hall–Kier alpha value is -2.27. The van der Waals surface area contributed by atoms with Crippen molar-refractivity contribution in [3.63, 3.8) is 0 Å². The third kappa shape index (κ3) is 3.88. The number of hydrogen-bond donors (Lipinski definition) is 0. The van der Waals surface area contributed by atoms with E-state index in [1.165, 1.54) is 19.4 Å². The molecule has 2 aliphatic rings. The number of carbonyl (C=O) groups excluding carboxylic acids is 1. The molecule has 2 saturated heterocycles. The molecular formula is C22H28N4O. The molecular weight excluding hydrogens is 336 g/mol. The molecule has 142 valence electrons. The van der Waals surface area contributed by atoms with Crippen LogP contribution in [0.4, 0.5) is 0 Å². The largest absolute Gasteiger partial charge is 0.336 e. The van der Waals surface area contributed by atoms with E-state index in [1.807, 2.05) is 36.1 Å². The Bertz CT molecular complexity index is 835. The first-order valence-electron chi connectivity index (χ1n) is 10.1. The number of rotatable bonds is 4. The standard InChI is InChI=1S/C22H28N4O/c1-3-6-19-14-21(24-16(2)23-19)17-7-4-8-18(13-17)22(27)26-12-11-25-10-5-9-20(25)15-26/h4,7-8,13-14,20H,3,5-6,9-12,15H2,1-2H3/t20-/m0/s1. The summed E-state index contributed by atoms with van der Waals surface area (Å²) in [6.07, 6.45) is 4.47. The molecule has 0 N–H and O–H groups in total. The monoisotopic (exact) mass is 364 g/mol. The lowest BCUT2D eigenvalue weighted by atomic mass is 10.0. The van der Waals surface area contributed by atoms with E-state index in [2.05, 4.69) is 27.9 Å². The maximum absolute atomic E-state index is 13.1. The van der Waals surface area contributed by atoms with Gasteiger partial charge in [-0.3, -0.25) is 9.69 Å². The molecule has 4 rings (SSSR count). The number of aromatic nitrogens is 2. The van der Waals surface area contributed by atoms with Gasteiger partial charge in [0.25, 0.3) is 5.91 Å². The van der Waals surface area contributed by atoms with Gasteiger partial charge in [-0.05, 0) is 50.9 Å². The molecule has 1 amide bonds. The van der Waals surface area contributed by atoms with Gasteiger partial charge in [-0.15, -0.1) is 0 Å². The second kappa shape index (κ2) is 7.77. The van der Waals surface area contributed by atoms with Gasteiger partial charge >= 0.3 is 0 Å². The molecule has 0 aliphatic carbocycles. The van der Waals surface area contributed by atoms with E-state index in [0.717, 1.165) is 60.8 Å². The van der Waals surface area contributed by atoms with Crippen LogP contribution in [0.1, 0.15) is 48.1 Å². The van der Waals surface area contributed by atoms with Gasteiger partial charge in [0, 0.05) is 42.5 Å². The molecule has 0 spiro atoms. The lowest BCUT2D eigenvalue weighted by Gasteiger charge is -2.37. The average molecular weight is 364 g/mol. The number of aryl methyl sites for hydroxylation is 2. The molecule has 1 aromatic heterocycles. The number of fused-ring (bicyclic) bond motifs is 1. The van der Waals surface area contributed by atoms with E-state index >= 15 is 0 Å². The van der Waals surface area contributed by atoms with Crippen molar-refractivity contribution < 1.29 is 4.79 Å². The van der Waals surface area contributed by atoms with Crippen molar-refractivity contribution in [1.82, 2.24) is 19.8 Å². The van der Waals surface area contributed by atoms with E-state index in [9.17, 15) is 4.79 Å². The van der Waals surface area contributed by atoms with E-state index in [4.69, 9.17) is 0 Å². The minimum absolute atomic E-state index is 0.142. The zero-order valence-corrected chi connectivity index (χ0v) is 16.3. The molecule has 0 saturated carbocycles. The maximum atomic E-state index is 13.1. The van der Waals surface area contributed by atoms with Crippen LogP contribution < -0.4 is 0 Å². The highest BCUT2D eigenvalue weighted by Gasteiger charge is 2.32. The highest BCUT2D eigenvalue weighted by Crippen LogP contribution is 2.24. The Balaban J connectivity index is 1.56. The molecule has 0 bridgehead atoms. The number of carbonyl (C=O) groups is 1. The van der Waals surface area contributed by atoms with Crippen LogP contribution in [0, 0.1) is 6.92 Å². The fraction of sp³-hybridized carbons (Fsp3) is 0.500. The molecule has 2 fully saturated rings. The van der Waals surface area contributed by atoms with Gasteiger partial charge in [-0.25, -0.2) is 9.97 Å². The molecule has 5 nitrogen and oxygen atoms in total. The predicted molar refractivity (Wildman–Crippen MR) is 107 cm³/mol. The van der Waals surface area contributed by atoms with E-state index in [-0.39, 0.29) is 5.91 Å². The van der Waals surface area contributed by atoms with Gasteiger partial charge < -0.3 is 4.90 Å². The second-order valence-corrected chi connectivity index (χ2v) is 7.71. The first-order chi connectivity index (χ1) is 13.1. The van der Waals surface area contributed by atoms with Crippen LogP contribution in [0.15, 0.2) is 30.3 Å². The van der Waals surface area contributed by atoms with Gasteiger partial charge in [-0.1, -0.05) is 25.5 Å². The van der Waals surface area contributed by atoms with Crippen molar-refractivity contribution >= 4 is 5.91 Å². The summed E-state index contributed by atoms with van der Waals surface area (Å²) in [5.41, 5.74) is 3.71. The van der Waals surface area contributed by atoms with E-state index in [0.29, 0.717) is 6.04 Å². The Labute approximate surface area is 161 Å². The lowest BCUT2D eigenvalue weighted by molar-refractivity contribution is 0.0571. The number of hydrogen-bond acceptors (Lipinski definition) is 4. The molecule has 0 unspecified atom stereocenters. The van der Waals surface area contributed by atoms with E-state index in [1.54, 1.807) is 0 Å². The molecule has 27 heavy (non-hydrogen) atoms. The molecule has 3 heterocycles. The molecule has 2 aromatic rings. The van der Waals surface area contributed by atoms with Crippen LogP contribution in [0.5, 0.6) is 0 Å². The average Bonchev–Trinajstić information content (AvgIpc) is 3.15. The Morgan fingerprint density at radius 1 is 1.19 bits per heavy atom. The summed E-state index contributed by atoms with van der Waals surface area (Å²) in [6, 6.07) is 10.5. The van der Waals surface area contributed by atoms with Crippen molar-refractivity contribution in [2.75, 3.05) is 26.2 Å². The normalized spacial score (nSPS) is 19.9. The molecule has 1 atom stereocenters. The Kier molecular flexibility index (Phi) is 5.21. The maximum Gasteiger partial charge on any atom is 0.253 e. The molecule has 2 aliphatic heterocycles. The summed E-state index contributed by atoms with van der Waals surface area (Å²) in [5, 5.41) is 0. The fourth-order valence-corrected chi connectivity index (χ4v) is 4.33. The highest BCUT2D eigenvalue weighted by molar-refractivity contribution is 5.95. The fourth-order valence-electron chi connectivity index (χ4n) is 4.33. The van der Waals surface area contributed by atoms with Crippen molar-refractivity contribution in [2.45, 2.75) is 45.6 Å². The second-order valence-electron chi connectivity index (χ2n) is 7.71. The summed E-state index contributed by atoms with van der Waals surface area (Å²) < 4.78 is 0. The van der Waals surface area contributed by atoms with Gasteiger partial charge in [0.1, 0.15) is 5.82 Å². The quantitative estimate of drug-likeness (QED) is 0.835. The first-order valence-corrected chi connectivity index (χ1v) is 10.1. The van der Waals surface area contributed by atoms with Crippen LogP contribution in [0.3, 0.4) is 0 Å². The zero-order chi connectivity index (χ0) is 18.8. The Morgan fingerprint density at radius 3 is 2.93 bits per heavy atom. The summed E-state index contributed by atoms with van der Waals surface area (Å²) in [6.45, 7) is 7.96. The number of piperazine rings is 1. The summed E-state index contributed by atoms with van der Waals surface area (Å²) in [7, 11) is 0. The Morgan fingerprint density at radius 2 is 2.07 bits per heavy atom. The zero-order valence-electron chi connectivity index (χ0n) is 16.3. The lowest BCUT2D eigenvalue weighted by Crippen LogP contribution is -2.52. The number of nitrogens with zero attached hydrogens (tertiary/aromatic N) is 4. The van der Waals surface area contributed by atoms with Crippen LogP contribution >= 0.6 is 0 Å². The van der Waals surface area contributed by atoms with Crippen molar-refractivity contribution in [1.29, 1.82) is 0 Å². The van der Waals surface area contributed by atoms with Crippen LogP contribution in [-0.2, 0) is 6.42 Å². The van der Waals surface area contributed by atoms with Gasteiger partial charge in [0.2, 0.25) is 0 Å². The van der Waals surface area contributed by atoms with Crippen LogP contribution in [0.25, 0.3) is 11.3 Å². The van der Waals surface area contributed by atoms with Crippen LogP contribution in [0.2, 0.25) is 0 Å². The first kappa shape index (κ1) is 18.1. The SMILES string of the molecule is CCCc1cc(-c2cccc(C(=O)N3CCN4CCC[C@H]4C3)c2)nc(C)n1. The topological polar surface area (TPSA) is 49.3 Å².